The molecule has 8 heteroatoms. The van der Waals surface area contributed by atoms with Crippen molar-refractivity contribution >= 4 is 28.6 Å². The van der Waals surface area contributed by atoms with Gasteiger partial charge in [-0.15, -0.1) is 11.3 Å². The molecule has 0 saturated carbocycles. The summed E-state index contributed by atoms with van der Waals surface area (Å²) in [6.07, 6.45) is 4.16. The number of carbonyl (C=O) groups is 1. The molecule has 0 spiro atoms. The lowest BCUT2D eigenvalue weighted by molar-refractivity contribution is 0.0817. The van der Waals surface area contributed by atoms with Crippen molar-refractivity contribution in [3.05, 3.63) is 82.4 Å². The zero-order valence-electron chi connectivity index (χ0n) is 18.6. The monoisotopic (exact) mass is 457 g/mol. The van der Waals surface area contributed by atoms with Crippen LogP contribution in [-0.4, -0.2) is 39.9 Å². The number of para-hydroxylation sites is 1. The van der Waals surface area contributed by atoms with E-state index >= 15 is 0 Å². The number of methoxy groups -OCH3 is 1. The lowest BCUT2D eigenvalue weighted by Gasteiger charge is -2.16. The van der Waals surface area contributed by atoms with E-state index in [2.05, 4.69) is 21.4 Å². The molecule has 4 heterocycles. The van der Waals surface area contributed by atoms with Crippen LogP contribution < -0.4 is 10.1 Å². The Balaban J connectivity index is 1.57. The minimum absolute atomic E-state index is 0.0460. The number of carbonyl (C=O) groups excluding carboxylic acids is 1. The van der Waals surface area contributed by atoms with Crippen molar-refractivity contribution in [2.75, 3.05) is 19.5 Å². The molecule has 4 aromatic rings. The molecule has 0 fully saturated rings. The number of benzene rings is 1. The summed E-state index contributed by atoms with van der Waals surface area (Å²) in [5.41, 5.74) is 6.69. The second-order valence-electron chi connectivity index (χ2n) is 7.99. The first-order valence-electron chi connectivity index (χ1n) is 10.6. The third-order valence-electron chi connectivity index (χ3n) is 5.58. The molecule has 1 aliphatic rings. The van der Waals surface area contributed by atoms with E-state index in [0.717, 1.165) is 38.9 Å². The number of fused-ring (bicyclic) bond motifs is 1. The maximum Gasteiger partial charge on any atom is 0.257 e. The number of pyridine rings is 2. The summed E-state index contributed by atoms with van der Waals surface area (Å²) >= 11 is 1.55. The van der Waals surface area contributed by atoms with E-state index in [4.69, 9.17) is 9.72 Å². The standard InChI is InChI=1S/C25H23N5O2S/c1-15-7-8-26-16(11-15)12-17-13-20(22-21(28-17)14-30(2)25(22)31)29-19-6-4-5-18(23(19)32-3)24-27-9-10-33-24/h4-11,13H,12,14H2,1-3H3,(H,28,29). The van der Waals surface area contributed by atoms with Crippen molar-refractivity contribution in [2.24, 2.45) is 0 Å². The van der Waals surface area contributed by atoms with Gasteiger partial charge in [0.05, 0.1) is 41.9 Å². The highest BCUT2D eigenvalue weighted by molar-refractivity contribution is 7.13. The van der Waals surface area contributed by atoms with Crippen LogP contribution in [0.3, 0.4) is 0 Å². The molecular weight excluding hydrogens is 434 g/mol. The van der Waals surface area contributed by atoms with Crippen LogP contribution in [0.2, 0.25) is 0 Å². The Hall–Kier alpha value is -3.78. The number of rotatable bonds is 6. The molecule has 0 radical (unpaired) electrons. The number of thiazole rings is 1. The van der Waals surface area contributed by atoms with E-state index in [9.17, 15) is 4.79 Å². The summed E-state index contributed by atoms with van der Waals surface area (Å²) < 4.78 is 5.76. The average molecular weight is 458 g/mol. The lowest BCUT2D eigenvalue weighted by Crippen LogP contribution is -2.18. The molecule has 1 aromatic carbocycles. The van der Waals surface area contributed by atoms with Crippen LogP contribution >= 0.6 is 11.3 Å². The summed E-state index contributed by atoms with van der Waals surface area (Å²) in [5, 5.41) is 6.27. The molecule has 33 heavy (non-hydrogen) atoms. The molecule has 7 nitrogen and oxygen atoms in total. The number of hydrogen-bond donors (Lipinski definition) is 1. The van der Waals surface area contributed by atoms with Crippen LogP contribution in [0.1, 0.15) is 33.0 Å². The quantitative estimate of drug-likeness (QED) is 0.446. The van der Waals surface area contributed by atoms with Gasteiger partial charge >= 0.3 is 0 Å². The summed E-state index contributed by atoms with van der Waals surface area (Å²) in [7, 11) is 3.43. The highest BCUT2D eigenvalue weighted by Gasteiger charge is 2.30. The second kappa shape index (κ2) is 8.63. The summed E-state index contributed by atoms with van der Waals surface area (Å²) in [6, 6.07) is 11.8. The van der Waals surface area contributed by atoms with Gasteiger partial charge in [-0.1, -0.05) is 6.07 Å². The number of nitrogens with zero attached hydrogens (tertiary/aromatic N) is 4. The van der Waals surface area contributed by atoms with Crippen LogP contribution in [0.4, 0.5) is 11.4 Å². The smallest absolute Gasteiger partial charge is 0.257 e. The van der Waals surface area contributed by atoms with Crippen molar-refractivity contribution in [1.29, 1.82) is 0 Å². The van der Waals surface area contributed by atoms with Crippen molar-refractivity contribution in [2.45, 2.75) is 19.9 Å². The van der Waals surface area contributed by atoms with Gasteiger partial charge in [-0.25, -0.2) is 4.98 Å². The van der Waals surface area contributed by atoms with Gasteiger partial charge in [0.25, 0.3) is 5.91 Å². The molecule has 166 valence electrons. The molecule has 5 rings (SSSR count). The Bertz CT molecular complexity index is 1340. The van der Waals surface area contributed by atoms with Crippen molar-refractivity contribution < 1.29 is 9.53 Å². The summed E-state index contributed by atoms with van der Waals surface area (Å²) in [5.74, 6) is 0.633. The van der Waals surface area contributed by atoms with Crippen molar-refractivity contribution in [3.63, 3.8) is 0 Å². The number of ether oxygens (including phenoxy) is 1. The predicted octanol–water partition coefficient (Wildman–Crippen LogP) is 4.84. The molecule has 0 saturated heterocycles. The maximum atomic E-state index is 12.9. The second-order valence-corrected chi connectivity index (χ2v) is 8.89. The third-order valence-corrected chi connectivity index (χ3v) is 6.39. The van der Waals surface area contributed by atoms with Crippen molar-refractivity contribution in [1.82, 2.24) is 19.9 Å². The van der Waals surface area contributed by atoms with E-state index < -0.39 is 0 Å². The van der Waals surface area contributed by atoms with Crippen LogP contribution in [0.25, 0.3) is 10.6 Å². The Morgan fingerprint density at radius 2 is 2.00 bits per heavy atom. The highest BCUT2D eigenvalue weighted by Crippen LogP contribution is 2.40. The minimum atomic E-state index is -0.0460. The summed E-state index contributed by atoms with van der Waals surface area (Å²) in [6.45, 7) is 2.53. The van der Waals surface area contributed by atoms with Crippen LogP contribution in [0.15, 0.2) is 54.2 Å². The molecule has 1 aliphatic heterocycles. The fraction of sp³-hybridized carbons (Fsp3) is 0.200. The molecule has 0 unspecified atom stereocenters. The SMILES string of the molecule is COc1c(Nc2cc(Cc3cc(C)ccn3)nc3c2C(=O)N(C)C3)cccc1-c1nccs1. The number of aromatic nitrogens is 3. The maximum absolute atomic E-state index is 12.9. The fourth-order valence-corrected chi connectivity index (χ4v) is 4.75. The average Bonchev–Trinajstić information content (AvgIpc) is 3.42. The first kappa shape index (κ1) is 21.1. The number of aryl methyl sites for hydroxylation is 1. The predicted molar refractivity (Wildman–Crippen MR) is 129 cm³/mol. The van der Waals surface area contributed by atoms with Gasteiger partial charge in [-0.05, 0) is 42.8 Å². The van der Waals surface area contributed by atoms with Gasteiger partial charge < -0.3 is 15.0 Å². The summed E-state index contributed by atoms with van der Waals surface area (Å²) in [4.78, 5) is 28.3. The number of amides is 1. The zero-order valence-corrected chi connectivity index (χ0v) is 19.4. The molecule has 3 aromatic heterocycles. The Labute approximate surface area is 196 Å². The third kappa shape index (κ3) is 4.05. The van der Waals surface area contributed by atoms with Gasteiger partial charge in [-0.3, -0.25) is 14.8 Å². The molecule has 1 amide bonds. The van der Waals surface area contributed by atoms with Gasteiger partial charge in [0.15, 0.2) is 5.75 Å². The zero-order chi connectivity index (χ0) is 22.9. The number of anilines is 2. The van der Waals surface area contributed by atoms with Crippen LogP contribution in [0.5, 0.6) is 5.75 Å². The first-order valence-corrected chi connectivity index (χ1v) is 11.4. The van der Waals surface area contributed by atoms with Gasteiger partial charge in [0.1, 0.15) is 5.01 Å². The molecule has 0 bridgehead atoms. The molecule has 1 N–H and O–H groups in total. The fourth-order valence-electron chi connectivity index (χ4n) is 4.09. The Morgan fingerprint density at radius 3 is 2.76 bits per heavy atom. The highest BCUT2D eigenvalue weighted by atomic mass is 32.1. The van der Waals surface area contributed by atoms with Gasteiger partial charge in [0, 0.05) is 42.6 Å². The number of hydrogen-bond acceptors (Lipinski definition) is 7. The molecule has 0 aliphatic carbocycles. The lowest BCUT2D eigenvalue weighted by atomic mass is 10.1. The van der Waals surface area contributed by atoms with E-state index in [0.29, 0.717) is 30.0 Å². The Morgan fingerprint density at radius 1 is 1.12 bits per heavy atom. The minimum Gasteiger partial charge on any atom is -0.494 e. The first-order chi connectivity index (χ1) is 16.0. The van der Waals surface area contributed by atoms with Crippen LogP contribution in [-0.2, 0) is 13.0 Å². The van der Waals surface area contributed by atoms with E-state index in [1.165, 1.54) is 0 Å². The van der Waals surface area contributed by atoms with E-state index in [1.807, 2.05) is 48.8 Å². The van der Waals surface area contributed by atoms with E-state index in [-0.39, 0.29) is 5.91 Å². The van der Waals surface area contributed by atoms with Crippen LogP contribution in [0, 0.1) is 6.92 Å². The molecule has 0 atom stereocenters. The van der Waals surface area contributed by atoms with Gasteiger partial charge in [-0.2, -0.15) is 0 Å². The van der Waals surface area contributed by atoms with E-state index in [1.54, 1.807) is 36.6 Å². The number of nitrogens with one attached hydrogen (secondary N) is 1. The van der Waals surface area contributed by atoms with Crippen molar-refractivity contribution in [3.8, 4) is 16.3 Å². The normalized spacial score (nSPS) is 12.7. The topological polar surface area (TPSA) is 80.2 Å². The van der Waals surface area contributed by atoms with Gasteiger partial charge in [0.2, 0.25) is 0 Å². The molecular formula is C25H23N5O2S. The largest absolute Gasteiger partial charge is 0.494 e. The Kier molecular flexibility index (Phi) is 5.51.